The second-order valence-corrected chi connectivity index (χ2v) is 7.83. The fourth-order valence-corrected chi connectivity index (χ4v) is 3.46. The summed E-state index contributed by atoms with van der Waals surface area (Å²) in [5.41, 5.74) is 1.21. The Bertz CT molecular complexity index is 976. The fourth-order valence-electron chi connectivity index (χ4n) is 3.19. The summed E-state index contributed by atoms with van der Waals surface area (Å²) in [6.07, 6.45) is 8.53. The first kappa shape index (κ1) is 20.5. The van der Waals surface area contributed by atoms with E-state index in [1.54, 1.807) is 6.07 Å². The lowest BCUT2D eigenvalue weighted by atomic mass is 10.1. The van der Waals surface area contributed by atoms with Crippen LogP contribution in [0, 0.1) is 0 Å². The predicted octanol–water partition coefficient (Wildman–Crippen LogP) is 6.67. The number of unbranched alkanes of at least 4 members (excludes halogenated alkanes) is 5. The van der Waals surface area contributed by atoms with Gasteiger partial charge in [-0.1, -0.05) is 67.1 Å². The summed E-state index contributed by atoms with van der Waals surface area (Å²) >= 11 is 3.38. The van der Waals surface area contributed by atoms with Crippen molar-refractivity contribution < 1.29 is 14.3 Å². The summed E-state index contributed by atoms with van der Waals surface area (Å²) in [4.78, 5) is 12.9. The summed E-state index contributed by atoms with van der Waals surface area (Å²) in [6, 6.07) is 10.5. The van der Waals surface area contributed by atoms with Gasteiger partial charge in [0, 0.05) is 16.6 Å². The van der Waals surface area contributed by atoms with E-state index < -0.39 is 0 Å². The molecule has 1 N–H and O–H groups in total. The minimum absolute atomic E-state index is 0.122. The maximum atomic E-state index is 12.9. The summed E-state index contributed by atoms with van der Waals surface area (Å²) in [5.74, 6) is 0.390. The van der Waals surface area contributed by atoms with Crippen molar-refractivity contribution >= 4 is 26.9 Å². The fraction of sp³-hybridized carbons (Fsp3) is 0.348. The van der Waals surface area contributed by atoms with Crippen molar-refractivity contribution in [2.24, 2.45) is 0 Å². The highest BCUT2D eigenvalue weighted by molar-refractivity contribution is 9.10. The number of phenolic OH excluding ortho intramolecular Hbond substituents is 1. The lowest BCUT2D eigenvalue weighted by Crippen LogP contribution is -2.05. The summed E-state index contributed by atoms with van der Waals surface area (Å²) in [6.45, 7) is 2.79. The van der Waals surface area contributed by atoms with E-state index in [0.717, 1.165) is 22.9 Å². The number of benzene rings is 2. The average Bonchev–Trinajstić information content (AvgIpc) is 2.68. The van der Waals surface area contributed by atoms with E-state index in [2.05, 4.69) is 22.9 Å². The van der Waals surface area contributed by atoms with Crippen LogP contribution >= 0.6 is 15.9 Å². The smallest absolute Gasteiger partial charge is 0.204 e. The molecule has 3 aromatic rings. The molecule has 0 fully saturated rings. The van der Waals surface area contributed by atoms with Gasteiger partial charge in [-0.15, -0.1) is 0 Å². The SMILES string of the molecule is CCCCCCCCOc1cc(O)c2c(=O)c(-c3ccc(Br)cc3)coc2c1. The molecule has 0 bridgehead atoms. The summed E-state index contributed by atoms with van der Waals surface area (Å²) < 4.78 is 12.3. The van der Waals surface area contributed by atoms with Crippen molar-refractivity contribution in [2.75, 3.05) is 6.61 Å². The Morgan fingerprint density at radius 3 is 2.50 bits per heavy atom. The highest BCUT2D eigenvalue weighted by atomic mass is 79.9. The van der Waals surface area contributed by atoms with Crippen LogP contribution in [0.2, 0.25) is 0 Å². The van der Waals surface area contributed by atoms with E-state index in [1.165, 1.54) is 38.0 Å². The third kappa shape index (κ3) is 4.96. The minimum Gasteiger partial charge on any atom is -0.507 e. The van der Waals surface area contributed by atoms with E-state index in [1.807, 2.05) is 24.3 Å². The Morgan fingerprint density at radius 2 is 1.75 bits per heavy atom. The molecule has 0 radical (unpaired) electrons. The van der Waals surface area contributed by atoms with Gasteiger partial charge in [-0.25, -0.2) is 0 Å². The van der Waals surface area contributed by atoms with Gasteiger partial charge in [0.05, 0.1) is 12.2 Å². The number of hydrogen-bond acceptors (Lipinski definition) is 4. The Balaban J connectivity index is 1.74. The van der Waals surface area contributed by atoms with Crippen LogP contribution in [0.4, 0.5) is 0 Å². The number of fused-ring (bicyclic) bond motifs is 1. The topological polar surface area (TPSA) is 59.7 Å². The molecule has 3 rings (SSSR count). The highest BCUT2D eigenvalue weighted by Crippen LogP contribution is 2.30. The van der Waals surface area contributed by atoms with Crippen LogP contribution in [0.15, 0.2) is 56.3 Å². The largest absolute Gasteiger partial charge is 0.507 e. The van der Waals surface area contributed by atoms with E-state index in [0.29, 0.717) is 23.5 Å². The van der Waals surface area contributed by atoms with Gasteiger partial charge in [-0.2, -0.15) is 0 Å². The van der Waals surface area contributed by atoms with Gasteiger partial charge in [-0.3, -0.25) is 4.79 Å². The first-order valence-electron chi connectivity index (χ1n) is 9.77. The number of hydrogen-bond donors (Lipinski definition) is 1. The quantitative estimate of drug-likeness (QED) is 0.374. The molecule has 5 heteroatoms. The van der Waals surface area contributed by atoms with Crippen LogP contribution in [0.3, 0.4) is 0 Å². The molecular formula is C23H25BrO4. The average molecular weight is 445 g/mol. The van der Waals surface area contributed by atoms with Crippen LogP contribution in [-0.4, -0.2) is 11.7 Å². The van der Waals surface area contributed by atoms with Gasteiger partial charge < -0.3 is 14.3 Å². The monoisotopic (exact) mass is 444 g/mol. The molecule has 0 amide bonds. The minimum atomic E-state index is -0.261. The van der Waals surface area contributed by atoms with Crippen molar-refractivity contribution in [1.29, 1.82) is 0 Å². The molecule has 0 spiro atoms. The van der Waals surface area contributed by atoms with E-state index in [-0.39, 0.29) is 16.6 Å². The van der Waals surface area contributed by atoms with Gasteiger partial charge in [0.2, 0.25) is 5.43 Å². The molecule has 0 saturated heterocycles. The molecule has 0 aliphatic rings. The standard InChI is InChI=1S/C23H25BrO4/c1-2-3-4-5-6-7-12-27-18-13-20(25)22-21(14-18)28-15-19(23(22)26)16-8-10-17(24)11-9-16/h8-11,13-15,25H,2-7,12H2,1H3. The normalized spacial score (nSPS) is 11.1. The molecule has 1 aromatic heterocycles. The number of ether oxygens (including phenoxy) is 1. The van der Waals surface area contributed by atoms with Gasteiger partial charge in [0.25, 0.3) is 0 Å². The lowest BCUT2D eigenvalue weighted by molar-refractivity contribution is 0.303. The lowest BCUT2D eigenvalue weighted by Gasteiger charge is -2.09. The zero-order valence-electron chi connectivity index (χ0n) is 16.0. The van der Waals surface area contributed by atoms with Gasteiger partial charge in [0.1, 0.15) is 28.7 Å². The Hall–Kier alpha value is -2.27. The molecule has 4 nitrogen and oxygen atoms in total. The summed E-state index contributed by atoms with van der Waals surface area (Å²) in [7, 11) is 0. The van der Waals surface area contributed by atoms with Gasteiger partial charge >= 0.3 is 0 Å². The molecule has 0 saturated carbocycles. The molecule has 1 heterocycles. The van der Waals surface area contributed by atoms with Crippen LogP contribution in [0.1, 0.15) is 45.4 Å². The van der Waals surface area contributed by atoms with Crippen LogP contribution < -0.4 is 10.2 Å². The predicted molar refractivity (Wildman–Crippen MR) is 116 cm³/mol. The second kappa shape index (κ2) is 9.78. The number of rotatable bonds is 9. The number of phenols is 1. The molecule has 0 atom stereocenters. The zero-order valence-corrected chi connectivity index (χ0v) is 17.6. The first-order chi connectivity index (χ1) is 13.6. The van der Waals surface area contributed by atoms with Crippen molar-refractivity contribution in [3.8, 4) is 22.6 Å². The van der Waals surface area contributed by atoms with Crippen LogP contribution in [0.5, 0.6) is 11.5 Å². The molecule has 0 aliphatic carbocycles. The van der Waals surface area contributed by atoms with Crippen molar-refractivity contribution in [1.82, 2.24) is 0 Å². The van der Waals surface area contributed by atoms with Gasteiger partial charge in [0.15, 0.2) is 0 Å². The zero-order chi connectivity index (χ0) is 19.9. The Kier molecular flexibility index (Phi) is 7.15. The van der Waals surface area contributed by atoms with Gasteiger partial charge in [-0.05, 0) is 24.1 Å². The molecule has 0 unspecified atom stereocenters. The number of aromatic hydroxyl groups is 1. The highest BCUT2D eigenvalue weighted by Gasteiger charge is 2.14. The van der Waals surface area contributed by atoms with Crippen LogP contribution in [0.25, 0.3) is 22.1 Å². The molecule has 0 aliphatic heterocycles. The molecule has 2 aromatic carbocycles. The summed E-state index contributed by atoms with van der Waals surface area (Å²) in [5, 5.41) is 10.6. The molecule has 28 heavy (non-hydrogen) atoms. The maximum Gasteiger partial charge on any atom is 0.204 e. The van der Waals surface area contributed by atoms with Crippen molar-refractivity contribution in [2.45, 2.75) is 45.4 Å². The van der Waals surface area contributed by atoms with Crippen LogP contribution in [-0.2, 0) is 0 Å². The molecular weight excluding hydrogens is 420 g/mol. The Morgan fingerprint density at radius 1 is 1.04 bits per heavy atom. The first-order valence-corrected chi connectivity index (χ1v) is 10.6. The molecule has 148 valence electrons. The maximum absolute atomic E-state index is 12.9. The third-order valence-electron chi connectivity index (χ3n) is 4.75. The van der Waals surface area contributed by atoms with Crippen molar-refractivity contribution in [3.05, 3.63) is 57.4 Å². The third-order valence-corrected chi connectivity index (χ3v) is 5.28. The van der Waals surface area contributed by atoms with E-state index >= 15 is 0 Å². The second-order valence-electron chi connectivity index (χ2n) is 6.92. The van der Waals surface area contributed by atoms with E-state index in [4.69, 9.17) is 9.15 Å². The number of halogens is 1. The Labute approximate surface area is 173 Å². The van der Waals surface area contributed by atoms with E-state index in [9.17, 15) is 9.90 Å². The van der Waals surface area contributed by atoms with Crippen molar-refractivity contribution in [3.63, 3.8) is 0 Å².